The first-order chi connectivity index (χ1) is 6.83. The van der Waals surface area contributed by atoms with Gasteiger partial charge in [0.1, 0.15) is 0 Å². The van der Waals surface area contributed by atoms with Gasteiger partial charge in [-0.25, -0.2) is 0 Å². The molecule has 0 radical (unpaired) electrons. The van der Waals surface area contributed by atoms with Crippen LogP contribution < -0.4 is 5.73 Å². The molecule has 1 atom stereocenters. The van der Waals surface area contributed by atoms with E-state index in [2.05, 4.69) is 29.8 Å². The molecule has 1 heterocycles. The molecular weight excluding hydrogens is 172 g/mol. The lowest BCUT2D eigenvalue weighted by Crippen LogP contribution is -2.08. The topological polar surface area (TPSA) is 41.8 Å². The summed E-state index contributed by atoms with van der Waals surface area (Å²) in [5.41, 5.74) is 8.37. The Morgan fingerprint density at radius 1 is 1.43 bits per heavy atom. The summed E-state index contributed by atoms with van der Waals surface area (Å²) in [5, 5.41) is 1.21. The second-order valence-corrected chi connectivity index (χ2v) is 3.42. The number of aromatic amines is 1. The molecule has 0 aliphatic rings. The van der Waals surface area contributed by atoms with Crippen molar-refractivity contribution in [2.45, 2.75) is 12.5 Å². The lowest BCUT2D eigenvalue weighted by Gasteiger charge is -2.10. The number of rotatable bonds is 3. The Morgan fingerprint density at radius 2 is 2.29 bits per heavy atom. The van der Waals surface area contributed by atoms with Crippen LogP contribution in [-0.4, -0.2) is 4.98 Å². The summed E-state index contributed by atoms with van der Waals surface area (Å²) < 4.78 is 0. The van der Waals surface area contributed by atoms with Gasteiger partial charge in [-0.05, 0) is 24.1 Å². The van der Waals surface area contributed by atoms with Crippen LogP contribution in [0.1, 0.15) is 18.0 Å². The summed E-state index contributed by atoms with van der Waals surface area (Å²) >= 11 is 0. The van der Waals surface area contributed by atoms with Crippen molar-refractivity contribution in [3.8, 4) is 0 Å². The molecule has 1 aromatic carbocycles. The van der Waals surface area contributed by atoms with Crippen molar-refractivity contribution in [1.29, 1.82) is 0 Å². The molecule has 2 nitrogen and oxygen atoms in total. The number of hydrogen-bond acceptors (Lipinski definition) is 1. The quantitative estimate of drug-likeness (QED) is 0.711. The van der Waals surface area contributed by atoms with E-state index < -0.39 is 0 Å². The van der Waals surface area contributed by atoms with E-state index in [1.807, 2.05) is 18.3 Å². The minimum atomic E-state index is 0.0481. The summed E-state index contributed by atoms with van der Waals surface area (Å²) in [5.74, 6) is 0. The molecule has 0 saturated heterocycles. The minimum Gasteiger partial charge on any atom is -0.361 e. The number of nitrogens with two attached hydrogens (primary N) is 1. The summed E-state index contributed by atoms with van der Waals surface area (Å²) in [7, 11) is 0. The first-order valence-corrected chi connectivity index (χ1v) is 4.75. The van der Waals surface area contributed by atoms with Gasteiger partial charge < -0.3 is 10.7 Å². The van der Waals surface area contributed by atoms with Crippen molar-refractivity contribution in [2.24, 2.45) is 5.73 Å². The van der Waals surface area contributed by atoms with Crippen molar-refractivity contribution in [3.63, 3.8) is 0 Å². The van der Waals surface area contributed by atoms with Gasteiger partial charge in [0.25, 0.3) is 0 Å². The smallest absolute Gasteiger partial charge is 0.0457 e. The fourth-order valence-electron chi connectivity index (χ4n) is 1.74. The van der Waals surface area contributed by atoms with E-state index in [4.69, 9.17) is 5.73 Å². The van der Waals surface area contributed by atoms with E-state index in [0.717, 1.165) is 11.9 Å². The highest BCUT2D eigenvalue weighted by Crippen LogP contribution is 2.23. The first kappa shape index (κ1) is 9.03. The molecule has 0 spiro atoms. The molecule has 0 saturated carbocycles. The fraction of sp³-hybridized carbons (Fsp3) is 0.167. The number of hydrogen-bond donors (Lipinski definition) is 2. The zero-order valence-electron chi connectivity index (χ0n) is 8.03. The SMILES string of the molecule is C=CC[C@@H](N)c1cccc2[nH]ccc12. The van der Waals surface area contributed by atoms with E-state index in [0.29, 0.717) is 0 Å². The first-order valence-electron chi connectivity index (χ1n) is 4.75. The lowest BCUT2D eigenvalue weighted by molar-refractivity contribution is 0.748. The van der Waals surface area contributed by atoms with Gasteiger partial charge in [-0.2, -0.15) is 0 Å². The molecule has 2 heteroatoms. The molecule has 1 aromatic heterocycles. The van der Waals surface area contributed by atoms with Crippen LogP contribution in [-0.2, 0) is 0 Å². The van der Waals surface area contributed by atoms with Crippen LogP contribution in [0.15, 0.2) is 43.1 Å². The molecule has 0 aliphatic heterocycles. The molecule has 2 rings (SSSR count). The third kappa shape index (κ3) is 1.44. The Morgan fingerprint density at radius 3 is 3.07 bits per heavy atom. The van der Waals surface area contributed by atoms with E-state index >= 15 is 0 Å². The van der Waals surface area contributed by atoms with Crippen molar-refractivity contribution < 1.29 is 0 Å². The molecule has 14 heavy (non-hydrogen) atoms. The molecule has 0 fully saturated rings. The van der Waals surface area contributed by atoms with Crippen LogP contribution in [0.2, 0.25) is 0 Å². The molecule has 0 aliphatic carbocycles. The predicted molar refractivity (Wildman–Crippen MR) is 60.0 cm³/mol. The number of benzene rings is 1. The fourth-order valence-corrected chi connectivity index (χ4v) is 1.74. The average Bonchev–Trinajstić information content (AvgIpc) is 2.65. The van der Waals surface area contributed by atoms with Gasteiger partial charge in [0, 0.05) is 23.1 Å². The molecule has 0 unspecified atom stereocenters. The average molecular weight is 186 g/mol. The normalized spacial score (nSPS) is 12.9. The second kappa shape index (κ2) is 3.68. The van der Waals surface area contributed by atoms with Crippen molar-refractivity contribution in [1.82, 2.24) is 4.98 Å². The minimum absolute atomic E-state index is 0.0481. The van der Waals surface area contributed by atoms with Crippen LogP contribution in [0, 0.1) is 0 Å². The van der Waals surface area contributed by atoms with Crippen LogP contribution in [0.4, 0.5) is 0 Å². The standard InChI is InChI=1S/C12H14N2/c1-2-4-11(13)9-5-3-6-12-10(9)7-8-14-12/h2-3,5-8,11,14H,1,4,13H2/t11-/m1/s1. The largest absolute Gasteiger partial charge is 0.361 e. The number of H-pyrrole nitrogens is 1. The van der Waals surface area contributed by atoms with Gasteiger partial charge in [-0.15, -0.1) is 6.58 Å². The van der Waals surface area contributed by atoms with Crippen molar-refractivity contribution >= 4 is 10.9 Å². The Bertz CT molecular complexity index is 442. The van der Waals surface area contributed by atoms with Gasteiger partial charge in [0.15, 0.2) is 0 Å². The second-order valence-electron chi connectivity index (χ2n) is 3.42. The van der Waals surface area contributed by atoms with Crippen LogP contribution in [0.3, 0.4) is 0 Å². The molecule has 0 amide bonds. The zero-order chi connectivity index (χ0) is 9.97. The molecule has 2 aromatic rings. The van der Waals surface area contributed by atoms with E-state index in [-0.39, 0.29) is 6.04 Å². The van der Waals surface area contributed by atoms with E-state index in [1.54, 1.807) is 0 Å². The highest BCUT2D eigenvalue weighted by Gasteiger charge is 2.07. The van der Waals surface area contributed by atoms with Crippen molar-refractivity contribution in [2.75, 3.05) is 0 Å². The Hall–Kier alpha value is -1.54. The van der Waals surface area contributed by atoms with Crippen LogP contribution >= 0.6 is 0 Å². The molecule has 0 bridgehead atoms. The highest BCUT2D eigenvalue weighted by atomic mass is 14.7. The van der Waals surface area contributed by atoms with Crippen molar-refractivity contribution in [3.05, 3.63) is 48.7 Å². The maximum absolute atomic E-state index is 6.05. The Balaban J connectivity index is 2.50. The number of nitrogens with one attached hydrogen (secondary N) is 1. The third-order valence-corrected chi connectivity index (χ3v) is 2.45. The summed E-state index contributed by atoms with van der Waals surface area (Å²) in [6.07, 6.45) is 4.61. The Kier molecular flexibility index (Phi) is 2.37. The summed E-state index contributed by atoms with van der Waals surface area (Å²) in [6.45, 7) is 3.71. The van der Waals surface area contributed by atoms with E-state index in [9.17, 15) is 0 Å². The molecular formula is C12H14N2. The monoisotopic (exact) mass is 186 g/mol. The van der Waals surface area contributed by atoms with E-state index in [1.165, 1.54) is 10.9 Å². The van der Waals surface area contributed by atoms with Gasteiger partial charge in [-0.1, -0.05) is 18.2 Å². The number of aromatic nitrogens is 1. The Labute approximate surface area is 83.4 Å². The molecule has 3 N–H and O–H groups in total. The lowest BCUT2D eigenvalue weighted by atomic mass is 10.0. The van der Waals surface area contributed by atoms with Crippen LogP contribution in [0.25, 0.3) is 10.9 Å². The highest BCUT2D eigenvalue weighted by molar-refractivity contribution is 5.83. The zero-order valence-corrected chi connectivity index (χ0v) is 8.03. The summed E-state index contributed by atoms with van der Waals surface area (Å²) in [4.78, 5) is 3.18. The van der Waals surface area contributed by atoms with Gasteiger partial charge in [0.2, 0.25) is 0 Å². The van der Waals surface area contributed by atoms with Gasteiger partial charge in [0.05, 0.1) is 0 Å². The maximum Gasteiger partial charge on any atom is 0.0457 e. The maximum atomic E-state index is 6.05. The molecule has 72 valence electrons. The van der Waals surface area contributed by atoms with Crippen LogP contribution in [0.5, 0.6) is 0 Å². The number of fused-ring (bicyclic) bond motifs is 1. The summed E-state index contributed by atoms with van der Waals surface area (Å²) in [6, 6.07) is 8.26. The van der Waals surface area contributed by atoms with Gasteiger partial charge >= 0.3 is 0 Å². The third-order valence-electron chi connectivity index (χ3n) is 2.45. The predicted octanol–water partition coefficient (Wildman–Crippen LogP) is 2.74. The van der Waals surface area contributed by atoms with Gasteiger partial charge in [-0.3, -0.25) is 0 Å².